The third-order valence-electron chi connectivity index (χ3n) is 1.98. The van der Waals surface area contributed by atoms with Gasteiger partial charge >= 0.3 is 0 Å². The van der Waals surface area contributed by atoms with Crippen molar-refractivity contribution in [3.05, 3.63) is 27.9 Å². The molecule has 0 aromatic carbocycles. The van der Waals surface area contributed by atoms with Gasteiger partial charge in [0, 0.05) is 12.6 Å². The molecule has 4 heteroatoms. The lowest BCUT2D eigenvalue weighted by atomic mass is 10.2. The first-order chi connectivity index (χ1) is 5.29. The molecule has 4 nitrogen and oxygen atoms in total. The summed E-state index contributed by atoms with van der Waals surface area (Å²) in [5.41, 5.74) is 1.64. The van der Waals surface area contributed by atoms with Gasteiger partial charge in [-0.1, -0.05) is 0 Å². The largest absolute Gasteiger partial charge is 0.313 e. The molecule has 0 fully saturated rings. The normalized spacial score (nSPS) is 21.7. The van der Waals surface area contributed by atoms with E-state index in [0.717, 1.165) is 11.3 Å². The van der Waals surface area contributed by atoms with E-state index < -0.39 is 0 Å². The maximum atomic E-state index is 11.2. The van der Waals surface area contributed by atoms with Gasteiger partial charge in [0.05, 0.1) is 17.6 Å². The number of rotatable bonds is 0. The van der Waals surface area contributed by atoms with E-state index in [0.29, 0.717) is 6.54 Å². The van der Waals surface area contributed by atoms with Gasteiger partial charge < -0.3 is 10.3 Å². The molecule has 0 radical (unpaired) electrons. The lowest BCUT2D eigenvalue weighted by molar-refractivity contribution is 0.629. The minimum absolute atomic E-state index is 0.0208. The summed E-state index contributed by atoms with van der Waals surface area (Å²) < 4.78 is 0. The monoisotopic (exact) mass is 151 g/mol. The van der Waals surface area contributed by atoms with Crippen molar-refractivity contribution in [1.82, 2.24) is 15.3 Å². The Bertz CT molecular complexity index is 331. The first-order valence-corrected chi connectivity index (χ1v) is 3.59. The van der Waals surface area contributed by atoms with Crippen LogP contribution in [-0.2, 0) is 6.54 Å². The average molecular weight is 151 g/mol. The van der Waals surface area contributed by atoms with E-state index in [1.807, 2.05) is 6.92 Å². The molecule has 0 amide bonds. The maximum absolute atomic E-state index is 11.2. The molecule has 0 bridgehead atoms. The topological polar surface area (TPSA) is 57.8 Å². The van der Waals surface area contributed by atoms with Crippen LogP contribution in [-0.4, -0.2) is 9.97 Å². The van der Waals surface area contributed by atoms with Crippen molar-refractivity contribution in [1.29, 1.82) is 0 Å². The zero-order valence-electron chi connectivity index (χ0n) is 6.22. The van der Waals surface area contributed by atoms with Crippen LogP contribution in [0.25, 0.3) is 0 Å². The molecular formula is C7H9N3O. The van der Waals surface area contributed by atoms with E-state index in [9.17, 15) is 4.79 Å². The fourth-order valence-electron chi connectivity index (χ4n) is 1.39. The standard InChI is InChI=1S/C7H9N3O/c1-4-6-5(2-8-4)9-3-10-7(6)11/h3-4,8H,2H2,1H3,(H,9,10,11). The number of H-pyrrole nitrogens is 1. The molecule has 1 aliphatic rings. The van der Waals surface area contributed by atoms with E-state index in [1.165, 1.54) is 6.33 Å². The molecule has 0 saturated heterocycles. The van der Waals surface area contributed by atoms with Crippen LogP contribution in [0, 0.1) is 0 Å². The zero-order chi connectivity index (χ0) is 7.84. The minimum Gasteiger partial charge on any atom is -0.313 e. The van der Waals surface area contributed by atoms with Crippen LogP contribution in [0.5, 0.6) is 0 Å². The number of hydrogen-bond acceptors (Lipinski definition) is 3. The van der Waals surface area contributed by atoms with Gasteiger partial charge in [0.15, 0.2) is 0 Å². The van der Waals surface area contributed by atoms with Crippen molar-refractivity contribution in [2.24, 2.45) is 0 Å². The number of aromatic nitrogens is 2. The number of aromatic amines is 1. The van der Waals surface area contributed by atoms with Gasteiger partial charge in [0.2, 0.25) is 0 Å². The van der Waals surface area contributed by atoms with Crippen LogP contribution >= 0.6 is 0 Å². The van der Waals surface area contributed by atoms with Gasteiger partial charge in [-0.2, -0.15) is 0 Å². The zero-order valence-corrected chi connectivity index (χ0v) is 6.22. The highest BCUT2D eigenvalue weighted by Crippen LogP contribution is 2.17. The second kappa shape index (κ2) is 2.17. The molecule has 0 spiro atoms. The fourth-order valence-corrected chi connectivity index (χ4v) is 1.39. The predicted molar refractivity (Wildman–Crippen MR) is 40.1 cm³/mol. The van der Waals surface area contributed by atoms with Crippen LogP contribution < -0.4 is 10.9 Å². The smallest absolute Gasteiger partial charge is 0.255 e. The third kappa shape index (κ3) is 0.867. The molecule has 11 heavy (non-hydrogen) atoms. The van der Waals surface area contributed by atoms with Crippen LogP contribution in [0.4, 0.5) is 0 Å². The highest BCUT2D eigenvalue weighted by atomic mass is 16.1. The van der Waals surface area contributed by atoms with Gasteiger partial charge in [-0.05, 0) is 6.92 Å². The maximum Gasteiger partial charge on any atom is 0.255 e. The molecule has 2 N–H and O–H groups in total. The van der Waals surface area contributed by atoms with Gasteiger partial charge in [-0.25, -0.2) is 4.98 Å². The molecule has 0 saturated carbocycles. The first kappa shape index (κ1) is 6.54. The van der Waals surface area contributed by atoms with Crippen molar-refractivity contribution in [3.8, 4) is 0 Å². The van der Waals surface area contributed by atoms with E-state index >= 15 is 0 Å². The van der Waals surface area contributed by atoms with E-state index in [4.69, 9.17) is 0 Å². The average Bonchev–Trinajstić information content (AvgIpc) is 2.34. The minimum atomic E-state index is -0.0208. The van der Waals surface area contributed by atoms with Crippen molar-refractivity contribution in [3.63, 3.8) is 0 Å². The number of nitrogens with one attached hydrogen (secondary N) is 2. The molecule has 0 aliphatic carbocycles. The van der Waals surface area contributed by atoms with Crippen molar-refractivity contribution >= 4 is 0 Å². The van der Waals surface area contributed by atoms with Crippen LogP contribution in [0.15, 0.2) is 11.1 Å². The van der Waals surface area contributed by atoms with Crippen LogP contribution in [0.1, 0.15) is 24.2 Å². The van der Waals surface area contributed by atoms with E-state index in [2.05, 4.69) is 15.3 Å². The molecule has 1 unspecified atom stereocenters. The van der Waals surface area contributed by atoms with Crippen molar-refractivity contribution in [2.45, 2.75) is 19.5 Å². The lowest BCUT2D eigenvalue weighted by Crippen LogP contribution is -2.16. The summed E-state index contributed by atoms with van der Waals surface area (Å²) in [7, 11) is 0. The molecule has 2 rings (SSSR count). The lowest BCUT2D eigenvalue weighted by Gasteiger charge is -1.99. The molecular weight excluding hydrogens is 142 g/mol. The Morgan fingerprint density at radius 1 is 1.73 bits per heavy atom. The Morgan fingerprint density at radius 2 is 2.55 bits per heavy atom. The number of nitrogens with zero attached hydrogens (tertiary/aromatic N) is 1. The number of hydrogen-bond donors (Lipinski definition) is 2. The van der Waals surface area contributed by atoms with E-state index in [-0.39, 0.29) is 11.6 Å². The Labute approximate surface area is 63.7 Å². The highest BCUT2D eigenvalue weighted by Gasteiger charge is 2.21. The Balaban J connectivity index is 2.68. The summed E-state index contributed by atoms with van der Waals surface area (Å²) in [5, 5.41) is 3.14. The van der Waals surface area contributed by atoms with Gasteiger partial charge in [0.1, 0.15) is 0 Å². The number of fused-ring (bicyclic) bond motifs is 1. The van der Waals surface area contributed by atoms with Crippen molar-refractivity contribution < 1.29 is 0 Å². The van der Waals surface area contributed by atoms with Crippen molar-refractivity contribution in [2.75, 3.05) is 0 Å². The van der Waals surface area contributed by atoms with Gasteiger partial charge in [-0.15, -0.1) is 0 Å². The Morgan fingerprint density at radius 3 is 3.27 bits per heavy atom. The van der Waals surface area contributed by atoms with Crippen LogP contribution in [0.2, 0.25) is 0 Å². The summed E-state index contributed by atoms with van der Waals surface area (Å²) in [4.78, 5) is 17.8. The molecule has 1 aromatic heterocycles. The van der Waals surface area contributed by atoms with Gasteiger partial charge in [-0.3, -0.25) is 4.79 Å². The van der Waals surface area contributed by atoms with Crippen LogP contribution in [0.3, 0.4) is 0 Å². The Hall–Kier alpha value is -1.16. The highest BCUT2D eigenvalue weighted by molar-refractivity contribution is 5.24. The Kier molecular flexibility index (Phi) is 1.29. The summed E-state index contributed by atoms with van der Waals surface area (Å²) in [6.07, 6.45) is 1.45. The molecule has 1 atom stereocenters. The molecule has 1 aromatic rings. The predicted octanol–water partition coefficient (Wildman–Crippen LogP) is -0.0659. The second-order valence-electron chi connectivity index (χ2n) is 2.69. The summed E-state index contributed by atoms with van der Waals surface area (Å²) >= 11 is 0. The quantitative estimate of drug-likeness (QED) is 0.546. The summed E-state index contributed by atoms with van der Waals surface area (Å²) in [5.74, 6) is 0. The summed E-state index contributed by atoms with van der Waals surface area (Å²) in [6.45, 7) is 2.67. The molecule has 2 heterocycles. The van der Waals surface area contributed by atoms with Gasteiger partial charge in [0.25, 0.3) is 5.56 Å². The summed E-state index contributed by atoms with van der Waals surface area (Å²) in [6, 6.07) is 0.141. The first-order valence-electron chi connectivity index (χ1n) is 3.59. The second-order valence-corrected chi connectivity index (χ2v) is 2.69. The third-order valence-corrected chi connectivity index (χ3v) is 1.98. The molecule has 1 aliphatic heterocycles. The molecule has 58 valence electrons. The van der Waals surface area contributed by atoms with E-state index in [1.54, 1.807) is 0 Å². The fraction of sp³-hybridized carbons (Fsp3) is 0.429. The SMILES string of the molecule is CC1NCc2nc[nH]c(=O)c21.